The molecule has 0 aliphatic rings. The van der Waals surface area contributed by atoms with Crippen LogP contribution in [0, 0.1) is 6.92 Å². The molecule has 0 radical (unpaired) electrons. The second-order valence-electron chi connectivity index (χ2n) is 5.06. The second-order valence-corrected chi connectivity index (χ2v) is 6.06. The van der Waals surface area contributed by atoms with Gasteiger partial charge in [0, 0.05) is 18.1 Å². The van der Waals surface area contributed by atoms with Crippen molar-refractivity contribution in [1.82, 2.24) is 19.7 Å². The van der Waals surface area contributed by atoms with Gasteiger partial charge in [-0.1, -0.05) is 30.0 Å². The molecule has 0 amide bonds. The van der Waals surface area contributed by atoms with Gasteiger partial charge in [-0.05, 0) is 30.7 Å². The molecule has 0 unspecified atom stereocenters. The van der Waals surface area contributed by atoms with Crippen molar-refractivity contribution in [3.8, 4) is 5.82 Å². The van der Waals surface area contributed by atoms with Gasteiger partial charge in [-0.3, -0.25) is 4.57 Å². The molecule has 0 spiro atoms. The molecule has 4 nitrogen and oxygen atoms in total. The van der Waals surface area contributed by atoms with Crippen molar-refractivity contribution in [3.05, 3.63) is 65.7 Å². The SMILES string of the molecule is Cc1nccn1-c1ccc(SCc2cccc(C(F)(F)F)c2)nn1. The third-order valence-electron chi connectivity index (χ3n) is 3.34. The molecule has 124 valence electrons. The molecule has 0 aliphatic heterocycles. The number of alkyl halides is 3. The summed E-state index contributed by atoms with van der Waals surface area (Å²) in [5.41, 5.74) is -0.0521. The van der Waals surface area contributed by atoms with Gasteiger partial charge in [-0.25, -0.2) is 4.98 Å². The predicted molar refractivity (Wildman–Crippen MR) is 84.9 cm³/mol. The van der Waals surface area contributed by atoms with E-state index >= 15 is 0 Å². The van der Waals surface area contributed by atoms with E-state index in [-0.39, 0.29) is 0 Å². The highest BCUT2D eigenvalue weighted by Crippen LogP contribution is 2.31. The van der Waals surface area contributed by atoms with Crippen LogP contribution in [0.2, 0.25) is 0 Å². The lowest BCUT2D eigenvalue weighted by Crippen LogP contribution is -2.05. The molecule has 0 N–H and O–H groups in total. The summed E-state index contributed by atoms with van der Waals surface area (Å²) in [6.07, 6.45) is -0.868. The van der Waals surface area contributed by atoms with Crippen molar-refractivity contribution in [1.29, 1.82) is 0 Å². The van der Waals surface area contributed by atoms with Crippen LogP contribution in [0.1, 0.15) is 17.0 Å². The van der Waals surface area contributed by atoms with Crippen molar-refractivity contribution < 1.29 is 13.2 Å². The van der Waals surface area contributed by atoms with Crippen LogP contribution in [0.3, 0.4) is 0 Å². The lowest BCUT2D eigenvalue weighted by atomic mass is 10.1. The lowest BCUT2D eigenvalue weighted by Gasteiger charge is -2.08. The van der Waals surface area contributed by atoms with Crippen molar-refractivity contribution in [3.63, 3.8) is 0 Å². The van der Waals surface area contributed by atoms with Crippen LogP contribution in [-0.4, -0.2) is 19.7 Å². The van der Waals surface area contributed by atoms with Crippen LogP contribution >= 0.6 is 11.8 Å². The van der Waals surface area contributed by atoms with E-state index in [1.807, 2.05) is 6.92 Å². The number of aromatic nitrogens is 4. The smallest absolute Gasteiger partial charge is 0.287 e. The number of thioether (sulfide) groups is 1. The molecule has 3 rings (SSSR count). The Morgan fingerprint density at radius 2 is 1.96 bits per heavy atom. The van der Waals surface area contributed by atoms with Crippen molar-refractivity contribution in [2.75, 3.05) is 0 Å². The first kappa shape index (κ1) is 16.5. The Labute approximate surface area is 140 Å². The van der Waals surface area contributed by atoms with E-state index in [1.54, 1.807) is 35.2 Å². The van der Waals surface area contributed by atoms with Crippen LogP contribution in [0.5, 0.6) is 0 Å². The zero-order chi connectivity index (χ0) is 17.2. The van der Waals surface area contributed by atoms with Gasteiger partial charge in [0.2, 0.25) is 0 Å². The highest BCUT2D eigenvalue weighted by Gasteiger charge is 2.30. The summed E-state index contributed by atoms with van der Waals surface area (Å²) in [5.74, 6) is 1.84. The standard InChI is InChI=1S/C16H13F3N4S/c1-11-20-7-8-23(11)14-5-6-15(22-21-14)24-10-12-3-2-4-13(9-12)16(17,18)19/h2-9H,10H2,1H3. The number of benzene rings is 1. The minimum Gasteiger partial charge on any atom is -0.287 e. The lowest BCUT2D eigenvalue weighted by molar-refractivity contribution is -0.137. The molecule has 0 aliphatic carbocycles. The van der Waals surface area contributed by atoms with Crippen LogP contribution in [0.25, 0.3) is 5.82 Å². The maximum Gasteiger partial charge on any atom is 0.416 e. The van der Waals surface area contributed by atoms with E-state index in [9.17, 15) is 13.2 Å². The molecule has 0 atom stereocenters. The molecule has 0 bridgehead atoms. The van der Waals surface area contributed by atoms with E-state index in [2.05, 4.69) is 15.2 Å². The number of halogens is 3. The quantitative estimate of drug-likeness (QED) is 0.659. The number of imidazole rings is 1. The predicted octanol–water partition coefficient (Wildman–Crippen LogP) is 4.28. The first-order chi connectivity index (χ1) is 11.4. The van der Waals surface area contributed by atoms with Gasteiger partial charge in [0.05, 0.1) is 5.56 Å². The van der Waals surface area contributed by atoms with E-state index in [0.29, 0.717) is 22.2 Å². The summed E-state index contributed by atoms with van der Waals surface area (Å²) in [6, 6.07) is 8.89. The van der Waals surface area contributed by atoms with Crippen LogP contribution in [0.15, 0.2) is 53.8 Å². The Morgan fingerprint density at radius 1 is 1.12 bits per heavy atom. The number of hydrogen-bond acceptors (Lipinski definition) is 4. The molecular weight excluding hydrogens is 337 g/mol. The zero-order valence-electron chi connectivity index (χ0n) is 12.7. The van der Waals surface area contributed by atoms with Crippen molar-refractivity contribution >= 4 is 11.8 Å². The molecule has 24 heavy (non-hydrogen) atoms. The summed E-state index contributed by atoms with van der Waals surface area (Å²) < 4.78 is 39.9. The van der Waals surface area contributed by atoms with Crippen LogP contribution < -0.4 is 0 Å². The van der Waals surface area contributed by atoms with Gasteiger partial charge in [0.25, 0.3) is 0 Å². The number of nitrogens with zero attached hydrogens (tertiary/aromatic N) is 4. The Kier molecular flexibility index (Phi) is 4.57. The summed E-state index contributed by atoms with van der Waals surface area (Å²) in [5, 5.41) is 8.87. The highest BCUT2D eigenvalue weighted by atomic mass is 32.2. The highest BCUT2D eigenvalue weighted by molar-refractivity contribution is 7.98. The van der Waals surface area contributed by atoms with Crippen molar-refractivity contribution in [2.45, 2.75) is 23.9 Å². The molecule has 1 aromatic carbocycles. The average molecular weight is 350 g/mol. The van der Waals surface area contributed by atoms with Gasteiger partial charge >= 0.3 is 6.18 Å². The van der Waals surface area contributed by atoms with Gasteiger partial charge < -0.3 is 0 Å². The van der Waals surface area contributed by atoms with Gasteiger partial charge in [-0.15, -0.1) is 10.2 Å². The van der Waals surface area contributed by atoms with Crippen molar-refractivity contribution in [2.24, 2.45) is 0 Å². The maximum absolute atomic E-state index is 12.7. The van der Waals surface area contributed by atoms with E-state index in [0.717, 1.165) is 18.0 Å². The summed E-state index contributed by atoms with van der Waals surface area (Å²) in [4.78, 5) is 4.12. The molecule has 0 saturated heterocycles. The largest absolute Gasteiger partial charge is 0.416 e. The molecule has 8 heteroatoms. The van der Waals surface area contributed by atoms with Gasteiger partial charge in [0.15, 0.2) is 5.82 Å². The fourth-order valence-electron chi connectivity index (χ4n) is 2.13. The Hall–Kier alpha value is -2.35. The molecule has 3 aromatic rings. The Bertz CT molecular complexity index is 828. The fourth-order valence-corrected chi connectivity index (χ4v) is 2.89. The minimum atomic E-state index is -4.33. The maximum atomic E-state index is 12.7. The number of hydrogen-bond donors (Lipinski definition) is 0. The third kappa shape index (κ3) is 3.76. The topological polar surface area (TPSA) is 43.6 Å². The Balaban J connectivity index is 1.68. The van der Waals surface area contributed by atoms with E-state index in [1.165, 1.54) is 17.8 Å². The number of aryl methyl sites for hydroxylation is 1. The minimum absolute atomic E-state index is 0.391. The molecule has 2 aromatic heterocycles. The number of rotatable bonds is 4. The average Bonchev–Trinajstić information content (AvgIpc) is 2.99. The monoisotopic (exact) mass is 350 g/mol. The van der Waals surface area contributed by atoms with Gasteiger partial charge in [0.1, 0.15) is 10.9 Å². The second kappa shape index (κ2) is 6.64. The molecule has 0 saturated carbocycles. The first-order valence-electron chi connectivity index (χ1n) is 7.06. The van der Waals surface area contributed by atoms with Crippen LogP contribution in [0.4, 0.5) is 13.2 Å². The Morgan fingerprint density at radius 3 is 2.58 bits per heavy atom. The molecular formula is C16H13F3N4S. The van der Waals surface area contributed by atoms with E-state index < -0.39 is 11.7 Å². The van der Waals surface area contributed by atoms with E-state index in [4.69, 9.17) is 0 Å². The normalized spacial score (nSPS) is 11.7. The van der Waals surface area contributed by atoms with Crippen LogP contribution in [-0.2, 0) is 11.9 Å². The summed E-state index contributed by atoms with van der Waals surface area (Å²) >= 11 is 1.34. The molecule has 0 fully saturated rings. The zero-order valence-corrected chi connectivity index (χ0v) is 13.5. The van der Waals surface area contributed by atoms with Gasteiger partial charge in [-0.2, -0.15) is 13.2 Å². The summed E-state index contributed by atoms with van der Waals surface area (Å²) in [7, 11) is 0. The fraction of sp³-hybridized carbons (Fsp3) is 0.188. The first-order valence-corrected chi connectivity index (χ1v) is 8.05. The third-order valence-corrected chi connectivity index (χ3v) is 4.33. The molecule has 2 heterocycles. The summed E-state index contributed by atoms with van der Waals surface area (Å²) in [6.45, 7) is 1.86.